The largest absolute Gasteiger partial charge is 0.467 e. The van der Waals surface area contributed by atoms with E-state index in [1.54, 1.807) is 29.4 Å². The van der Waals surface area contributed by atoms with Crippen LogP contribution in [0.1, 0.15) is 34.2 Å². The van der Waals surface area contributed by atoms with Crippen molar-refractivity contribution in [2.45, 2.75) is 31.2 Å². The molecule has 38 heavy (non-hydrogen) atoms. The molecule has 1 aliphatic rings. The number of aryl methyl sites for hydroxylation is 1. The van der Waals surface area contributed by atoms with Gasteiger partial charge < -0.3 is 4.42 Å². The summed E-state index contributed by atoms with van der Waals surface area (Å²) in [5.74, 6) is 0.338. The number of sulfonamides is 1. The number of furan rings is 1. The Morgan fingerprint density at radius 1 is 1.05 bits per heavy atom. The lowest BCUT2D eigenvalue weighted by Gasteiger charge is -2.21. The molecule has 0 aliphatic carbocycles. The molecule has 1 amide bonds. The third-order valence-electron chi connectivity index (χ3n) is 6.75. The summed E-state index contributed by atoms with van der Waals surface area (Å²) in [6.07, 6.45) is 3.16. The first kappa shape index (κ1) is 24.4. The van der Waals surface area contributed by atoms with E-state index in [-0.39, 0.29) is 17.3 Å². The van der Waals surface area contributed by atoms with E-state index in [0.717, 1.165) is 22.2 Å². The smallest absolute Gasteiger partial charge is 0.264 e. The molecule has 0 atom stereocenters. The second-order valence-corrected chi connectivity index (χ2v) is 12.0. The third-order valence-corrected chi connectivity index (χ3v) is 9.62. The van der Waals surface area contributed by atoms with Gasteiger partial charge in [-0.3, -0.25) is 14.0 Å². The van der Waals surface area contributed by atoms with E-state index in [1.807, 2.05) is 42.5 Å². The molecule has 0 fully saturated rings. The van der Waals surface area contributed by atoms with Crippen LogP contribution in [-0.4, -0.2) is 25.9 Å². The van der Waals surface area contributed by atoms with Crippen molar-refractivity contribution in [2.75, 3.05) is 15.7 Å². The molecule has 0 saturated heterocycles. The number of aromatic nitrogens is 1. The predicted molar refractivity (Wildman–Crippen MR) is 149 cm³/mol. The molecule has 1 aliphatic heterocycles. The maximum absolute atomic E-state index is 13.7. The van der Waals surface area contributed by atoms with E-state index in [0.29, 0.717) is 35.1 Å². The number of hydrogen-bond acceptors (Lipinski definition) is 6. The zero-order chi connectivity index (χ0) is 26.3. The summed E-state index contributed by atoms with van der Waals surface area (Å²) in [5, 5.41) is 0.556. The number of hydrogen-bond donors (Lipinski definition) is 0. The number of nitrogens with zero attached hydrogens (tertiary/aromatic N) is 3. The van der Waals surface area contributed by atoms with Crippen molar-refractivity contribution in [3.63, 3.8) is 0 Å². The minimum absolute atomic E-state index is 0.149. The van der Waals surface area contributed by atoms with Gasteiger partial charge in [0.1, 0.15) is 5.76 Å². The Labute approximate surface area is 225 Å². The van der Waals surface area contributed by atoms with Crippen LogP contribution in [0, 0.1) is 0 Å². The molecule has 0 spiro atoms. The average molecular weight is 544 g/mol. The Balaban J connectivity index is 1.32. The molecule has 0 radical (unpaired) electrons. The fourth-order valence-electron chi connectivity index (χ4n) is 4.69. The van der Waals surface area contributed by atoms with Gasteiger partial charge in [-0.2, -0.15) is 0 Å². The molecular weight excluding hydrogens is 518 g/mol. The summed E-state index contributed by atoms with van der Waals surface area (Å²) >= 11 is 1.45. The van der Waals surface area contributed by atoms with Gasteiger partial charge in [-0.25, -0.2) is 13.4 Å². The molecule has 3 heterocycles. The Hall–Kier alpha value is -3.95. The SMILES string of the molecule is CCc1ccc2nc(N(Cc3ccco3)C(=O)c3ccc(S(=O)(=O)N4CCc5ccccc54)cc3)sc2c1. The molecule has 9 heteroatoms. The standard InChI is InChI=1S/C29H25N3O4S2/c1-2-20-9-14-25-27(18-20)37-29(30-25)31(19-23-7-5-17-36-23)28(33)22-10-12-24(13-11-22)38(34,35)32-16-15-21-6-3-4-8-26(21)32/h3-14,17-18H,2,15-16,19H2,1H3. The Bertz CT molecular complexity index is 1730. The number of anilines is 2. The average Bonchev–Trinajstić information content (AvgIpc) is 3.70. The van der Waals surface area contributed by atoms with E-state index < -0.39 is 10.0 Å². The van der Waals surface area contributed by atoms with Crippen LogP contribution in [0.5, 0.6) is 0 Å². The van der Waals surface area contributed by atoms with Gasteiger partial charge in [-0.05, 0) is 78.6 Å². The molecule has 192 valence electrons. The van der Waals surface area contributed by atoms with Crippen molar-refractivity contribution in [1.29, 1.82) is 0 Å². The first-order valence-corrected chi connectivity index (χ1v) is 14.6. The summed E-state index contributed by atoms with van der Waals surface area (Å²) in [6, 6.07) is 23.4. The molecule has 0 saturated carbocycles. The molecular formula is C29H25N3O4S2. The minimum Gasteiger partial charge on any atom is -0.467 e. The van der Waals surface area contributed by atoms with Crippen LogP contribution in [-0.2, 0) is 29.4 Å². The fraction of sp³-hybridized carbons (Fsp3) is 0.172. The third kappa shape index (κ3) is 4.37. The first-order valence-electron chi connectivity index (χ1n) is 12.4. The molecule has 2 aromatic heterocycles. The van der Waals surface area contributed by atoms with Gasteiger partial charge in [-0.1, -0.05) is 42.5 Å². The van der Waals surface area contributed by atoms with Crippen molar-refractivity contribution in [1.82, 2.24) is 4.98 Å². The second kappa shape index (κ2) is 9.74. The Morgan fingerprint density at radius 2 is 1.87 bits per heavy atom. The normalized spacial score (nSPS) is 13.1. The first-order chi connectivity index (χ1) is 18.4. The number of rotatable bonds is 7. The van der Waals surface area contributed by atoms with Crippen molar-refractivity contribution in [3.8, 4) is 0 Å². The summed E-state index contributed by atoms with van der Waals surface area (Å²) in [6.45, 7) is 2.70. The quantitative estimate of drug-likeness (QED) is 0.250. The molecule has 0 N–H and O–H groups in total. The molecule has 3 aromatic carbocycles. The summed E-state index contributed by atoms with van der Waals surface area (Å²) in [4.78, 5) is 20.2. The van der Waals surface area contributed by atoms with Crippen LogP contribution in [0.15, 0.2) is 94.4 Å². The fourth-order valence-corrected chi connectivity index (χ4v) is 7.22. The van der Waals surface area contributed by atoms with Crippen molar-refractivity contribution >= 4 is 48.3 Å². The van der Waals surface area contributed by atoms with Crippen LogP contribution in [0.25, 0.3) is 10.2 Å². The van der Waals surface area contributed by atoms with Crippen molar-refractivity contribution < 1.29 is 17.6 Å². The lowest BCUT2D eigenvalue weighted by Crippen LogP contribution is -2.31. The highest BCUT2D eigenvalue weighted by atomic mass is 32.2. The number of para-hydroxylation sites is 1. The summed E-state index contributed by atoms with van der Waals surface area (Å²) < 4.78 is 34.8. The zero-order valence-corrected chi connectivity index (χ0v) is 22.3. The Morgan fingerprint density at radius 3 is 2.63 bits per heavy atom. The van der Waals surface area contributed by atoms with E-state index in [1.165, 1.54) is 33.3 Å². The monoisotopic (exact) mass is 543 g/mol. The van der Waals surface area contributed by atoms with E-state index in [4.69, 9.17) is 9.40 Å². The summed E-state index contributed by atoms with van der Waals surface area (Å²) in [7, 11) is -3.75. The van der Waals surface area contributed by atoms with Crippen LogP contribution >= 0.6 is 11.3 Å². The number of carbonyl (C=O) groups is 1. The molecule has 5 aromatic rings. The van der Waals surface area contributed by atoms with Crippen molar-refractivity contribution in [2.24, 2.45) is 0 Å². The number of amides is 1. The number of thiazole rings is 1. The molecule has 6 rings (SSSR count). The van der Waals surface area contributed by atoms with Gasteiger partial charge in [0.25, 0.3) is 15.9 Å². The zero-order valence-electron chi connectivity index (χ0n) is 20.7. The molecule has 0 bridgehead atoms. The maximum atomic E-state index is 13.7. The van der Waals surface area contributed by atoms with Gasteiger partial charge in [-0.15, -0.1) is 0 Å². The molecule has 7 nitrogen and oxygen atoms in total. The molecule has 0 unspecified atom stereocenters. The van der Waals surface area contributed by atoms with E-state index in [2.05, 4.69) is 13.0 Å². The highest BCUT2D eigenvalue weighted by molar-refractivity contribution is 7.92. The lowest BCUT2D eigenvalue weighted by atomic mass is 10.2. The van der Waals surface area contributed by atoms with Crippen LogP contribution in [0.4, 0.5) is 10.8 Å². The predicted octanol–water partition coefficient (Wildman–Crippen LogP) is 6.05. The van der Waals surface area contributed by atoms with Gasteiger partial charge in [0, 0.05) is 12.1 Å². The highest BCUT2D eigenvalue weighted by Crippen LogP contribution is 2.34. The number of carbonyl (C=O) groups excluding carboxylic acids is 1. The van der Waals surface area contributed by atoms with Gasteiger partial charge in [0.2, 0.25) is 0 Å². The minimum atomic E-state index is -3.75. The van der Waals surface area contributed by atoms with Crippen molar-refractivity contribution in [3.05, 3.63) is 108 Å². The topological polar surface area (TPSA) is 83.7 Å². The van der Waals surface area contributed by atoms with Crippen LogP contribution in [0.2, 0.25) is 0 Å². The van der Waals surface area contributed by atoms with E-state index >= 15 is 0 Å². The van der Waals surface area contributed by atoms with Crippen LogP contribution in [0.3, 0.4) is 0 Å². The van der Waals surface area contributed by atoms with Gasteiger partial charge >= 0.3 is 0 Å². The second-order valence-electron chi connectivity index (χ2n) is 9.10. The van der Waals surface area contributed by atoms with E-state index in [9.17, 15) is 13.2 Å². The number of benzene rings is 3. The number of fused-ring (bicyclic) bond motifs is 2. The van der Waals surface area contributed by atoms with Gasteiger partial charge in [0.15, 0.2) is 5.13 Å². The summed E-state index contributed by atoms with van der Waals surface area (Å²) in [5.41, 5.74) is 4.12. The van der Waals surface area contributed by atoms with Gasteiger partial charge in [0.05, 0.1) is 33.6 Å². The Kier molecular flexibility index (Phi) is 6.25. The lowest BCUT2D eigenvalue weighted by molar-refractivity contribution is 0.0983. The highest BCUT2D eigenvalue weighted by Gasteiger charge is 2.31. The van der Waals surface area contributed by atoms with Crippen LogP contribution < -0.4 is 9.21 Å². The maximum Gasteiger partial charge on any atom is 0.264 e.